The number of rotatable bonds is 8. The second-order valence-electron chi connectivity index (χ2n) is 7.63. The zero-order valence-corrected chi connectivity index (χ0v) is 19.4. The molecule has 1 N–H and O–H groups in total. The molecule has 0 fully saturated rings. The molecule has 1 heterocycles. The van der Waals surface area contributed by atoms with E-state index in [9.17, 15) is 17.6 Å². The Labute approximate surface area is 190 Å². The van der Waals surface area contributed by atoms with Crippen LogP contribution in [0.25, 0.3) is 0 Å². The molecule has 0 saturated carbocycles. The van der Waals surface area contributed by atoms with E-state index in [1.165, 1.54) is 22.9 Å². The van der Waals surface area contributed by atoms with E-state index in [1.54, 1.807) is 44.2 Å². The highest BCUT2D eigenvalue weighted by molar-refractivity contribution is 7.89. The highest BCUT2D eigenvalue weighted by atomic mass is 35.5. The number of halogens is 2. The molecule has 0 bridgehead atoms. The molecule has 0 radical (unpaired) electrons. The van der Waals surface area contributed by atoms with Crippen molar-refractivity contribution in [3.63, 3.8) is 0 Å². The summed E-state index contributed by atoms with van der Waals surface area (Å²) in [4.78, 5) is 17.3. The van der Waals surface area contributed by atoms with Gasteiger partial charge in [-0.1, -0.05) is 23.7 Å². The van der Waals surface area contributed by atoms with Gasteiger partial charge in [0.1, 0.15) is 0 Å². The number of sulfone groups is 1. The summed E-state index contributed by atoms with van der Waals surface area (Å²) in [5, 5.41) is 3.48. The van der Waals surface area contributed by atoms with Crippen LogP contribution in [0.3, 0.4) is 0 Å². The molecular weight excluding hydrogens is 457 g/mol. The van der Waals surface area contributed by atoms with Gasteiger partial charge >= 0.3 is 0 Å². The normalized spacial score (nSPS) is 11.6. The van der Waals surface area contributed by atoms with Crippen LogP contribution in [0.5, 0.6) is 5.75 Å². The van der Waals surface area contributed by atoms with E-state index in [-0.39, 0.29) is 29.9 Å². The van der Waals surface area contributed by atoms with Crippen molar-refractivity contribution in [1.29, 1.82) is 0 Å². The molecule has 0 aliphatic rings. The smallest absolute Gasteiger partial charge is 0.259 e. The highest BCUT2D eigenvalue weighted by Gasteiger charge is 2.16. The average molecular weight is 480 g/mol. The molecule has 1 aromatic heterocycles. The van der Waals surface area contributed by atoms with Crippen LogP contribution in [0, 0.1) is 5.82 Å². The number of anilines is 2. The predicted molar refractivity (Wildman–Crippen MR) is 123 cm³/mol. The zero-order chi connectivity index (χ0) is 23.5. The molecule has 0 amide bonds. The monoisotopic (exact) mass is 479 g/mol. The van der Waals surface area contributed by atoms with Crippen molar-refractivity contribution in [2.24, 2.45) is 0 Å². The Hall–Kier alpha value is -2.91. The summed E-state index contributed by atoms with van der Waals surface area (Å²) in [6.45, 7) is 3.70. The van der Waals surface area contributed by atoms with Gasteiger partial charge < -0.3 is 10.1 Å². The molecule has 0 aliphatic carbocycles. The Balaban J connectivity index is 2.00. The van der Waals surface area contributed by atoms with Crippen molar-refractivity contribution in [3.8, 4) is 5.75 Å². The van der Waals surface area contributed by atoms with E-state index in [0.717, 1.165) is 11.8 Å². The maximum Gasteiger partial charge on any atom is 0.259 e. The summed E-state index contributed by atoms with van der Waals surface area (Å²) < 4.78 is 44.5. The van der Waals surface area contributed by atoms with Crippen molar-refractivity contribution < 1.29 is 17.5 Å². The van der Waals surface area contributed by atoms with E-state index < -0.39 is 27.0 Å². The topological polar surface area (TPSA) is 90.3 Å². The molecule has 0 atom stereocenters. The molecule has 3 aromatic rings. The number of hydrogen-bond donors (Lipinski definition) is 1. The third-order valence-corrected chi connectivity index (χ3v) is 5.43. The quantitative estimate of drug-likeness (QED) is 0.521. The van der Waals surface area contributed by atoms with E-state index >= 15 is 0 Å². The maximum absolute atomic E-state index is 14.4. The first-order valence-electron chi connectivity index (χ1n) is 9.76. The molecule has 0 aliphatic heterocycles. The van der Waals surface area contributed by atoms with Crippen LogP contribution in [0.4, 0.5) is 16.0 Å². The van der Waals surface area contributed by atoms with Crippen molar-refractivity contribution in [1.82, 2.24) is 9.55 Å². The molecule has 0 spiro atoms. The second-order valence-corrected chi connectivity index (χ2v) is 10.2. The molecule has 170 valence electrons. The lowest BCUT2D eigenvalue weighted by atomic mass is 10.2. The van der Waals surface area contributed by atoms with Gasteiger partial charge in [-0.3, -0.25) is 9.36 Å². The minimum Gasteiger partial charge on any atom is -0.488 e. The minimum atomic E-state index is -3.44. The molecule has 7 nitrogen and oxygen atoms in total. The standard InChI is InChI=1S/C22H23ClFN3O4S/c1-14(2)31-20-9-8-18(10-19(20)24)26-22-25-11-16(13-32(3,29)30)21(28)27(22)12-15-4-6-17(23)7-5-15/h4-11,14H,12-13H2,1-3H3,(H,25,26). The molecule has 10 heteroatoms. The number of benzene rings is 2. The molecule has 2 aromatic carbocycles. The molecule has 0 saturated heterocycles. The third kappa shape index (κ3) is 6.30. The van der Waals surface area contributed by atoms with Gasteiger partial charge in [-0.25, -0.2) is 17.8 Å². The molecule has 32 heavy (non-hydrogen) atoms. The summed E-state index contributed by atoms with van der Waals surface area (Å²) >= 11 is 5.94. The fourth-order valence-electron chi connectivity index (χ4n) is 2.99. The van der Waals surface area contributed by atoms with E-state index in [0.29, 0.717) is 10.7 Å². The van der Waals surface area contributed by atoms with Gasteiger partial charge in [0.15, 0.2) is 21.4 Å². The van der Waals surface area contributed by atoms with Gasteiger partial charge in [0, 0.05) is 29.2 Å². The first-order valence-corrected chi connectivity index (χ1v) is 12.2. The Bertz CT molecular complexity index is 1280. The van der Waals surface area contributed by atoms with E-state index in [1.807, 2.05) is 0 Å². The number of aromatic nitrogens is 2. The number of ether oxygens (including phenoxy) is 1. The molecular formula is C22H23ClFN3O4S. The first kappa shape index (κ1) is 23.7. The largest absolute Gasteiger partial charge is 0.488 e. The third-order valence-electron chi connectivity index (χ3n) is 4.34. The maximum atomic E-state index is 14.4. The van der Waals surface area contributed by atoms with E-state index in [2.05, 4.69) is 10.3 Å². The van der Waals surface area contributed by atoms with Crippen LogP contribution in [0.2, 0.25) is 5.02 Å². The van der Waals surface area contributed by atoms with Crippen molar-refractivity contribution in [3.05, 3.63) is 81.0 Å². The number of nitrogens with one attached hydrogen (secondary N) is 1. The summed E-state index contributed by atoms with van der Waals surface area (Å²) in [5.74, 6) is -0.751. The lowest BCUT2D eigenvalue weighted by Crippen LogP contribution is -2.28. The zero-order valence-electron chi connectivity index (χ0n) is 17.8. The summed E-state index contributed by atoms with van der Waals surface area (Å²) in [7, 11) is -3.44. The highest BCUT2D eigenvalue weighted by Crippen LogP contribution is 2.24. The van der Waals surface area contributed by atoms with Crippen LogP contribution < -0.4 is 15.6 Å². The fraction of sp³-hybridized carbons (Fsp3) is 0.273. The van der Waals surface area contributed by atoms with Gasteiger partial charge in [0.2, 0.25) is 5.95 Å². The van der Waals surface area contributed by atoms with Crippen molar-refractivity contribution >= 4 is 33.1 Å². The van der Waals surface area contributed by atoms with Gasteiger partial charge in [-0.15, -0.1) is 0 Å². The van der Waals surface area contributed by atoms with Crippen LogP contribution in [-0.4, -0.2) is 30.3 Å². The molecule has 0 unspecified atom stereocenters. The first-order chi connectivity index (χ1) is 15.0. The lowest BCUT2D eigenvalue weighted by Gasteiger charge is -2.16. The van der Waals surface area contributed by atoms with Crippen LogP contribution >= 0.6 is 11.6 Å². The van der Waals surface area contributed by atoms with Crippen molar-refractivity contribution in [2.75, 3.05) is 11.6 Å². The lowest BCUT2D eigenvalue weighted by molar-refractivity contribution is 0.231. The SMILES string of the molecule is CC(C)Oc1ccc(Nc2ncc(CS(C)(=O)=O)c(=O)n2Cc2ccc(Cl)cc2)cc1F. The van der Waals surface area contributed by atoms with Crippen LogP contribution in [0.15, 0.2) is 53.5 Å². The van der Waals surface area contributed by atoms with Gasteiger partial charge in [0.25, 0.3) is 5.56 Å². The Morgan fingerprint density at radius 3 is 2.47 bits per heavy atom. The minimum absolute atomic E-state index is 0.0406. The summed E-state index contributed by atoms with van der Waals surface area (Å²) in [6.07, 6.45) is 2.08. The average Bonchev–Trinajstić information content (AvgIpc) is 2.69. The fourth-order valence-corrected chi connectivity index (χ4v) is 3.88. The van der Waals surface area contributed by atoms with Gasteiger partial charge in [-0.05, 0) is 43.7 Å². The van der Waals surface area contributed by atoms with E-state index in [4.69, 9.17) is 16.3 Å². The number of hydrogen-bond acceptors (Lipinski definition) is 6. The Kier molecular flexibility index (Phi) is 7.20. The Morgan fingerprint density at radius 1 is 1.19 bits per heavy atom. The Morgan fingerprint density at radius 2 is 1.88 bits per heavy atom. The predicted octanol–water partition coefficient (Wildman–Crippen LogP) is 4.16. The van der Waals surface area contributed by atoms with Gasteiger partial charge in [-0.2, -0.15) is 0 Å². The van der Waals surface area contributed by atoms with Crippen LogP contribution in [0.1, 0.15) is 25.0 Å². The number of nitrogens with zero attached hydrogens (tertiary/aromatic N) is 2. The molecule has 3 rings (SSSR count). The van der Waals surface area contributed by atoms with Crippen LogP contribution in [-0.2, 0) is 22.1 Å². The van der Waals surface area contributed by atoms with Crippen molar-refractivity contribution in [2.45, 2.75) is 32.2 Å². The van der Waals surface area contributed by atoms with Gasteiger partial charge in [0.05, 0.1) is 24.0 Å². The summed E-state index contributed by atoms with van der Waals surface area (Å²) in [5.41, 5.74) is 0.637. The second kappa shape index (κ2) is 9.70. The summed E-state index contributed by atoms with van der Waals surface area (Å²) in [6, 6.07) is 11.2.